The molecule has 0 atom stereocenters. The first-order valence-electron chi connectivity index (χ1n) is 7.86. The molecule has 2 heterocycles. The molecule has 6 heteroatoms. The van der Waals surface area contributed by atoms with Crippen LogP contribution in [-0.2, 0) is 9.53 Å². The summed E-state index contributed by atoms with van der Waals surface area (Å²) in [7, 11) is 2.15. The fraction of sp³-hybridized carbons (Fsp3) is 0.933. The minimum absolute atomic E-state index is 0.0150. The van der Waals surface area contributed by atoms with Gasteiger partial charge in [0.05, 0.1) is 5.60 Å². The van der Waals surface area contributed by atoms with Gasteiger partial charge in [0.15, 0.2) is 0 Å². The summed E-state index contributed by atoms with van der Waals surface area (Å²) >= 11 is 0. The topological polar surface area (TPSA) is 56.8 Å². The second kappa shape index (κ2) is 6.60. The number of amides is 1. The van der Waals surface area contributed by atoms with E-state index in [9.17, 15) is 4.79 Å². The van der Waals surface area contributed by atoms with E-state index in [4.69, 9.17) is 4.74 Å². The molecule has 122 valence electrons. The van der Waals surface area contributed by atoms with Crippen LogP contribution >= 0.6 is 0 Å². The van der Waals surface area contributed by atoms with E-state index in [0.717, 1.165) is 39.3 Å². The molecule has 6 nitrogen and oxygen atoms in total. The molecule has 1 amide bonds. The highest BCUT2D eigenvalue weighted by atomic mass is 16.5. The second-order valence-electron chi connectivity index (χ2n) is 7.22. The molecule has 0 aromatic rings. The number of rotatable bonds is 6. The van der Waals surface area contributed by atoms with E-state index in [0.29, 0.717) is 6.54 Å². The van der Waals surface area contributed by atoms with Gasteiger partial charge in [0.1, 0.15) is 6.61 Å². The predicted octanol–water partition coefficient (Wildman–Crippen LogP) is -0.493. The molecule has 2 aliphatic rings. The van der Waals surface area contributed by atoms with Gasteiger partial charge in [0.2, 0.25) is 5.91 Å². The fourth-order valence-corrected chi connectivity index (χ4v) is 2.71. The molecule has 2 N–H and O–H groups in total. The van der Waals surface area contributed by atoms with Crippen molar-refractivity contribution < 1.29 is 9.53 Å². The summed E-state index contributed by atoms with van der Waals surface area (Å²) in [4.78, 5) is 16.7. The number of carbonyl (C=O) groups is 1. The molecular formula is C15H30N4O2. The van der Waals surface area contributed by atoms with Gasteiger partial charge >= 0.3 is 0 Å². The zero-order chi connectivity index (χ0) is 15.5. The Hall–Kier alpha value is -0.690. The van der Waals surface area contributed by atoms with Gasteiger partial charge in [0, 0.05) is 51.4 Å². The highest BCUT2D eigenvalue weighted by molar-refractivity contribution is 5.77. The van der Waals surface area contributed by atoms with Crippen molar-refractivity contribution in [2.24, 2.45) is 0 Å². The van der Waals surface area contributed by atoms with Crippen LogP contribution in [0.1, 0.15) is 20.8 Å². The molecule has 0 aromatic carbocycles. The summed E-state index contributed by atoms with van der Waals surface area (Å²) in [5, 5.41) is 6.17. The Kier molecular flexibility index (Phi) is 5.24. The SMILES string of the molecule is CN1CCN(C(C)(C)CNC(=O)COC2(C)CNC2)CC1. The molecule has 2 rings (SSSR count). The molecule has 0 spiro atoms. The standard InChI is InChI=1S/C15H30N4O2/c1-14(2,19-7-5-18(4)6-8-19)10-17-13(20)9-21-15(3)11-16-12-15/h16H,5-12H2,1-4H3,(H,17,20). The second-order valence-corrected chi connectivity index (χ2v) is 7.22. The van der Waals surface area contributed by atoms with Gasteiger partial charge in [-0.15, -0.1) is 0 Å². The van der Waals surface area contributed by atoms with Crippen molar-refractivity contribution in [2.45, 2.75) is 31.9 Å². The summed E-state index contributed by atoms with van der Waals surface area (Å²) in [5.41, 5.74) is -0.177. The predicted molar refractivity (Wildman–Crippen MR) is 83.4 cm³/mol. The lowest BCUT2D eigenvalue weighted by atomic mass is 10.0. The number of likely N-dealkylation sites (N-methyl/N-ethyl adjacent to an activating group) is 1. The first-order chi connectivity index (χ1) is 9.81. The van der Waals surface area contributed by atoms with E-state index >= 15 is 0 Å². The van der Waals surface area contributed by atoms with Gasteiger partial charge in [-0.25, -0.2) is 0 Å². The van der Waals surface area contributed by atoms with Crippen LogP contribution in [0.25, 0.3) is 0 Å². The molecule has 21 heavy (non-hydrogen) atoms. The Bertz CT molecular complexity index is 361. The lowest BCUT2D eigenvalue weighted by Crippen LogP contribution is -2.60. The number of piperazine rings is 1. The Balaban J connectivity index is 1.69. The van der Waals surface area contributed by atoms with Crippen molar-refractivity contribution in [3.63, 3.8) is 0 Å². The quantitative estimate of drug-likeness (QED) is 0.693. The van der Waals surface area contributed by atoms with Crippen molar-refractivity contribution >= 4 is 5.91 Å². The van der Waals surface area contributed by atoms with E-state index in [1.807, 2.05) is 6.92 Å². The summed E-state index contributed by atoms with van der Waals surface area (Å²) in [5.74, 6) is -0.0228. The number of carbonyl (C=O) groups excluding carboxylic acids is 1. The van der Waals surface area contributed by atoms with Crippen LogP contribution in [-0.4, -0.2) is 86.3 Å². The number of nitrogens with zero attached hydrogens (tertiary/aromatic N) is 2. The fourth-order valence-electron chi connectivity index (χ4n) is 2.71. The van der Waals surface area contributed by atoms with Crippen LogP contribution in [0, 0.1) is 0 Å². The van der Waals surface area contributed by atoms with Crippen molar-refractivity contribution in [3.8, 4) is 0 Å². The van der Waals surface area contributed by atoms with Gasteiger partial charge in [0.25, 0.3) is 0 Å². The number of hydrogen-bond acceptors (Lipinski definition) is 5. The summed E-state index contributed by atoms with van der Waals surface area (Å²) in [6.07, 6.45) is 0. The molecule has 0 saturated carbocycles. The highest BCUT2D eigenvalue weighted by Crippen LogP contribution is 2.16. The van der Waals surface area contributed by atoms with Crippen molar-refractivity contribution in [2.75, 3.05) is 59.5 Å². The van der Waals surface area contributed by atoms with Gasteiger partial charge in [-0.3, -0.25) is 9.69 Å². The molecule has 0 radical (unpaired) electrons. The molecule has 0 aliphatic carbocycles. The van der Waals surface area contributed by atoms with Gasteiger partial charge in [-0.1, -0.05) is 0 Å². The first-order valence-corrected chi connectivity index (χ1v) is 7.86. The smallest absolute Gasteiger partial charge is 0.246 e. The molecule has 0 aromatic heterocycles. The number of ether oxygens (including phenoxy) is 1. The molecule has 0 unspecified atom stereocenters. The third kappa shape index (κ3) is 4.64. The molecule has 2 fully saturated rings. The normalized spacial score (nSPS) is 23.6. The Morgan fingerprint density at radius 3 is 2.43 bits per heavy atom. The maximum absolute atomic E-state index is 11.9. The number of nitrogens with one attached hydrogen (secondary N) is 2. The minimum Gasteiger partial charge on any atom is -0.363 e. The van der Waals surface area contributed by atoms with Crippen molar-refractivity contribution in [1.82, 2.24) is 20.4 Å². The van der Waals surface area contributed by atoms with Crippen LogP contribution in [0.2, 0.25) is 0 Å². The summed E-state index contributed by atoms with van der Waals surface area (Å²) in [6, 6.07) is 0. The van der Waals surface area contributed by atoms with Crippen molar-refractivity contribution in [3.05, 3.63) is 0 Å². The summed E-state index contributed by atoms with van der Waals surface area (Å²) in [6.45, 7) is 13.2. The molecule has 2 saturated heterocycles. The van der Waals surface area contributed by atoms with Gasteiger partial charge in [-0.2, -0.15) is 0 Å². The highest BCUT2D eigenvalue weighted by Gasteiger charge is 2.33. The largest absolute Gasteiger partial charge is 0.363 e. The lowest BCUT2D eigenvalue weighted by Gasteiger charge is -2.43. The van der Waals surface area contributed by atoms with E-state index in [2.05, 4.69) is 41.3 Å². The van der Waals surface area contributed by atoms with Crippen LogP contribution in [0.3, 0.4) is 0 Å². The average molecular weight is 298 g/mol. The van der Waals surface area contributed by atoms with Gasteiger partial charge < -0.3 is 20.3 Å². The Morgan fingerprint density at radius 1 is 1.29 bits per heavy atom. The third-order valence-corrected chi connectivity index (χ3v) is 4.63. The van der Waals surface area contributed by atoms with E-state index in [1.54, 1.807) is 0 Å². The zero-order valence-corrected chi connectivity index (χ0v) is 13.9. The van der Waals surface area contributed by atoms with Crippen LogP contribution in [0.4, 0.5) is 0 Å². The minimum atomic E-state index is -0.162. The first kappa shape index (κ1) is 16.7. The molecular weight excluding hydrogens is 268 g/mol. The Morgan fingerprint density at radius 2 is 1.90 bits per heavy atom. The maximum atomic E-state index is 11.9. The van der Waals surface area contributed by atoms with E-state index in [1.165, 1.54) is 0 Å². The Labute approximate surface area is 128 Å². The number of hydrogen-bond donors (Lipinski definition) is 2. The van der Waals surface area contributed by atoms with Crippen molar-refractivity contribution in [1.29, 1.82) is 0 Å². The third-order valence-electron chi connectivity index (χ3n) is 4.63. The zero-order valence-electron chi connectivity index (χ0n) is 13.9. The lowest BCUT2D eigenvalue weighted by molar-refractivity contribution is -0.136. The van der Waals surface area contributed by atoms with Gasteiger partial charge in [-0.05, 0) is 27.8 Å². The van der Waals surface area contributed by atoms with E-state index < -0.39 is 0 Å². The van der Waals surface area contributed by atoms with Crippen LogP contribution in [0.5, 0.6) is 0 Å². The summed E-state index contributed by atoms with van der Waals surface area (Å²) < 4.78 is 5.66. The maximum Gasteiger partial charge on any atom is 0.246 e. The molecule has 2 aliphatic heterocycles. The molecule has 0 bridgehead atoms. The van der Waals surface area contributed by atoms with Crippen LogP contribution < -0.4 is 10.6 Å². The monoisotopic (exact) mass is 298 g/mol. The van der Waals surface area contributed by atoms with Crippen LogP contribution in [0.15, 0.2) is 0 Å². The van der Waals surface area contributed by atoms with E-state index in [-0.39, 0.29) is 23.7 Å². The average Bonchev–Trinajstić information content (AvgIpc) is 2.41.